The summed E-state index contributed by atoms with van der Waals surface area (Å²) >= 11 is 0. The highest BCUT2D eigenvalue weighted by atomic mass is 16.6. The van der Waals surface area contributed by atoms with Crippen LogP contribution in [-0.4, -0.2) is 66.4 Å². The molecule has 0 amide bonds. The van der Waals surface area contributed by atoms with Crippen LogP contribution >= 0.6 is 0 Å². The fourth-order valence-corrected chi connectivity index (χ4v) is 10.3. The van der Waals surface area contributed by atoms with Gasteiger partial charge in [0.05, 0.1) is 31.3 Å². The second kappa shape index (κ2) is 11.1. The first-order valence-corrected chi connectivity index (χ1v) is 16.0. The van der Waals surface area contributed by atoms with Gasteiger partial charge in [0, 0.05) is 60.3 Å². The molecule has 246 valence electrons. The van der Waals surface area contributed by atoms with Gasteiger partial charge in [-0.15, -0.1) is 0 Å². The van der Waals surface area contributed by atoms with Crippen molar-refractivity contribution in [3.8, 4) is 0 Å². The largest absolute Gasteiger partial charge is 0.472 e. The first-order chi connectivity index (χ1) is 21.2. The Labute approximate surface area is 264 Å². The average molecular weight is 627 g/mol. The number of ether oxygens (including phenoxy) is 5. The third kappa shape index (κ3) is 4.65. The molecule has 5 aliphatic rings. The van der Waals surface area contributed by atoms with Crippen LogP contribution in [0.3, 0.4) is 0 Å². The van der Waals surface area contributed by atoms with Crippen LogP contribution < -0.4 is 0 Å². The summed E-state index contributed by atoms with van der Waals surface area (Å²) in [5, 5.41) is 11.6. The molecule has 10 heteroatoms. The predicted octanol–water partition coefficient (Wildman–Crippen LogP) is 5.00. The third-order valence-electron chi connectivity index (χ3n) is 12.1. The molecule has 2 saturated heterocycles. The number of furan rings is 1. The maximum atomic E-state index is 13.7. The number of fused-ring (bicyclic) bond motifs is 4. The number of allylic oxidation sites excluding steroid dienone is 2. The molecule has 45 heavy (non-hydrogen) atoms. The van der Waals surface area contributed by atoms with Gasteiger partial charge in [0.1, 0.15) is 18.3 Å². The Kier molecular flexibility index (Phi) is 7.89. The number of hydrogen-bond donors (Lipinski definition) is 1. The van der Waals surface area contributed by atoms with Gasteiger partial charge in [-0.2, -0.15) is 0 Å². The molecule has 4 fully saturated rings. The molecule has 10 nitrogen and oxygen atoms in total. The minimum Gasteiger partial charge on any atom is -0.472 e. The predicted molar refractivity (Wildman–Crippen MR) is 160 cm³/mol. The Morgan fingerprint density at radius 1 is 1.00 bits per heavy atom. The average Bonchev–Trinajstić information content (AvgIpc) is 3.68. The molecule has 0 aromatic carbocycles. The molecule has 6 rings (SSSR count). The minimum absolute atomic E-state index is 0.0237. The van der Waals surface area contributed by atoms with E-state index in [-0.39, 0.29) is 37.2 Å². The van der Waals surface area contributed by atoms with Crippen molar-refractivity contribution in [3.05, 3.63) is 47.0 Å². The Hall–Kier alpha value is -2.95. The molecule has 12 atom stereocenters. The van der Waals surface area contributed by atoms with Crippen LogP contribution in [0.5, 0.6) is 0 Å². The lowest BCUT2D eigenvalue weighted by Gasteiger charge is -2.66. The highest BCUT2D eigenvalue weighted by molar-refractivity contribution is 5.87. The zero-order chi connectivity index (χ0) is 32.6. The van der Waals surface area contributed by atoms with E-state index in [0.717, 1.165) is 16.7 Å². The smallest absolute Gasteiger partial charge is 0.333 e. The first kappa shape index (κ1) is 32.0. The van der Waals surface area contributed by atoms with Gasteiger partial charge in [-0.3, -0.25) is 9.59 Å². The lowest BCUT2D eigenvalue weighted by Crippen LogP contribution is -2.72. The van der Waals surface area contributed by atoms with Gasteiger partial charge in [-0.25, -0.2) is 4.79 Å². The molecule has 2 saturated carbocycles. The van der Waals surface area contributed by atoms with E-state index in [2.05, 4.69) is 20.8 Å². The van der Waals surface area contributed by atoms with E-state index < -0.39 is 71.0 Å². The Balaban J connectivity index is 1.61. The normalized spacial score (nSPS) is 43.9. The highest BCUT2D eigenvalue weighted by Gasteiger charge is 2.77. The molecule has 0 radical (unpaired) electrons. The van der Waals surface area contributed by atoms with E-state index in [4.69, 9.17) is 28.1 Å². The summed E-state index contributed by atoms with van der Waals surface area (Å²) in [5.41, 5.74) is 1.18. The molecule has 0 bridgehead atoms. The van der Waals surface area contributed by atoms with E-state index >= 15 is 0 Å². The van der Waals surface area contributed by atoms with E-state index in [1.165, 1.54) is 13.8 Å². The number of aliphatic hydroxyl groups is 1. The van der Waals surface area contributed by atoms with E-state index in [1.54, 1.807) is 32.4 Å². The fourth-order valence-electron chi connectivity index (χ4n) is 10.3. The Bertz CT molecular complexity index is 1430. The Morgan fingerprint density at radius 3 is 2.31 bits per heavy atom. The van der Waals surface area contributed by atoms with Gasteiger partial charge in [0.2, 0.25) is 0 Å². The van der Waals surface area contributed by atoms with Crippen LogP contribution in [0.2, 0.25) is 0 Å². The topological polar surface area (TPSA) is 131 Å². The van der Waals surface area contributed by atoms with Crippen molar-refractivity contribution < 1.29 is 47.6 Å². The molecule has 3 aliphatic carbocycles. The lowest BCUT2D eigenvalue weighted by molar-refractivity contribution is -0.262. The number of esters is 3. The number of hydrogen-bond acceptors (Lipinski definition) is 10. The molecular weight excluding hydrogens is 580 g/mol. The first-order valence-electron chi connectivity index (χ1n) is 16.0. The SMILES string of the molecule is C/C=C(\C)C(=O)O[C@@H]1[C@@H]2OC[C@]3(C)[C@H](OC(C)=O)C[C@H](OC(C)=O)[C@](C)(C4C[C@H](O)OC5C[C@@H](c6ccoc6)C(C)=C5[C@@]41C)[C@@H]23. The lowest BCUT2D eigenvalue weighted by atomic mass is 9.39. The molecular formula is C35H46O10. The van der Waals surface area contributed by atoms with Gasteiger partial charge in [0.25, 0.3) is 0 Å². The quantitative estimate of drug-likeness (QED) is 0.206. The maximum absolute atomic E-state index is 13.7. The summed E-state index contributed by atoms with van der Waals surface area (Å²) in [7, 11) is 0. The zero-order valence-electron chi connectivity index (χ0n) is 27.5. The van der Waals surface area contributed by atoms with Crippen molar-refractivity contribution in [3.63, 3.8) is 0 Å². The van der Waals surface area contributed by atoms with Crippen molar-refractivity contribution >= 4 is 17.9 Å². The van der Waals surface area contributed by atoms with Crippen LogP contribution in [0.25, 0.3) is 0 Å². The summed E-state index contributed by atoms with van der Waals surface area (Å²) in [6, 6.07) is 1.94. The summed E-state index contributed by atoms with van der Waals surface area (Å²) in [4.78, 5) is 38.7. The van der Waals surface area contributed by atoms with Crippen LogP contribution in [-0.2, 0) is 38.1 Å². The number of carbonyl (C=O) groups is 3. The summed E-state index contributed by atoms with van der Waals surface area (Å²) in [6.45, 7) is 14.9. The fraction of sp³-hybridized carbons (Fsp3) is 0.686. The minimum atomic E-state index is -1.12. The van der Waals surface area contributed by atoms with Crippen LogP contribution in [0.4, 0.5) is 0 Å². The molecule has 1 N–H and O–H groups in total. The van der Waals surface area contributed by atoms with Gasteiger partial charge in [-0.1, -0.05) is 32.4 Å². The number of rotatable bonds is 5. The van der Waals surface area contributed by atoms with Gasteiger partial charge < -0.3 is 33.2 Å². The van der Waals surface area contributed by atoms with Crippen molar-refractivity contribution in [2.45, 2.75) is 117 Å². The second-order valence-electron chi connectivity index (χ2n) is 14.4. The van der Waals surface area contributed by atoms with Gasteiger partial charge in [0.15, 0.2) is 6.29 Å². The van der Waals surface area contributed by atoms with E-state index in [0.29, 0.717) is 12.0 Å². The van der Waals surface area contributed by atoms with Crippen LogP contribution in [0, 0.1) is 28.1 Å². The molecule has 2 aliphatic heterocycles. The van der Waals surface area contributed by atoms with Crippen molar-refractivity contribution in [1.29, 1.82) is 0 Å². The van der Waals surface area contributed by atoms with Gasteiger partial charge >= 0.3 is 17.9 Å². The van der Waals surface area contributed by atoms with Gasteiger partial charge in [-0.05, 0) is 50.3 Å². The monoisotopic (exact) mass is 626 g/mol. The third-order valence-corrected chi connectivity index (χ3v) is 12.1. The van der Waals surface area contributed by atoms with E-state index in [9.17, 15) is 19.5 Å². The Morgan fingerprint density at radius 2 is 1.69 bits per heavy atom. The molecule has 0 spiro atoms. The summed E-state index contributed by atoms with van der Waals surface area (Å²) in [6.07, 6.45) is 1.99. The standard InChI is InChI=1S/C35H46O10/c1-9-17(2)32(39)45-31-29-30-33(6,16-41-29)25(42-19(4)36)14-26(43-20(5)37)34(30,7)24-13-27(38)44-23-12-22(21-10-11-40-15-21)18(3)28(23)35(24,31)8/h9-11,15,22-27,29-31,38H,12-14,16H2,1-8H3/b17-9+/t22-,23?,24?,25-,26+,27-,29-,30+,31-,33-,34+,35-/m1/s1. The second-order valence-corrected chi connectivity index (χ2v) is 14.4. The number of carbonyl (C=O) groups excluding carboxylic acids is 3. The van der Waals surface area contributed by atoms with E-state index in [1.807, 2.05) is 13.0 Å². The van der Waals surface area contributed by atoms with Crippen LogP contribution in [0.1, 0.15) is 86.1 Å². The van der Waals surface area contributed by atoms with Crippen LogP contribution in [0.15, 0.2) is 45.8 Å². The maximum Gasteiger partial charge on any atom is 0.333 e. The summed E-state index contributed by atoms with van der Waals surface area (Å²) < 4.78 is 37.2. The molecule has 3 heterocycles. The number of aliphatic hydroxyl groups excluding tert-OH is 1. The van der Waals surface area contributed by atoms with Crippen molar-refractivity contribution in [2.75, 3.05) is 6.61 Å². The van der Waals surface area contributed by atoms with Crippen molar-refractivity contribution in [1.82, 2.24) is 0 Å². The summed E-state index contributed by atoms with van der Waals surface area (Å²) in [5.74, 6) is -2.08. The highest BCUT2D eigenvalue weighted by Crippen LogP contribution is 2.72. The molecule has 2 unspecified atom stereocenters. The molecule has 1 aromatic heterocycles. The van der Waals surface area contributed by atoms with Crippen molar-refractivity contribution in [2.24, 2.45) is 28.1 Å². The molecule has 1 aromatic rings. The zero-order valence-corrected chi connectivity index (χ0v) is 27.5.